The molecular formula is C28H36N4O5. The molecule has 2 atom stereocenters. The number of benzene rings is 2. The van der Waals surface area contributed by atoms with Gasteiger partial charge >= 0.3 is 0 Å². The molecule has 4 N–H and O–H groups in total. The van der Waals surface area contributed by atoms with E-state index in [9.17, 15) is 0 Å². The maximum Gasteiger partial charge on any atom is 0.221 e. The molecule has 2 aromatic carbocycles. The third-order valence-electron chi connectivity index (χ3n) is 6.47. The molecule has 1 aliphatic rings. The normalized spacial score (nSPS) is 17.1. The maximum absolute atomic E-state index is 6.74. The molecule has 198 valence electrons. The van der Waals surface area contributed by atoms with Gasteiger partial charge in [0.05, 0.1) is 18.8 Å². The van der Waals surface area contributed by atoms with Gasteiger partial charge < -0.3 is 35.2 Å². The number of methoxy groups -OCH3 is 2. The molecule has 9 heteroatoms. The Bertz CT molecular complexity index is 1170. The van der Waals surface area contributed by atoms with Crippen LogP contribution in [-0.4, -0.2) is 50.3 Å². The van der Waals surface area contributed by atoms with Crippen LogP contribution in [-0.2, 0) is 15.9 Å². The van der Waals surface area contributed by atoms with E-state index in [-0.39, 0.29) is 18.8 Å². The van der Waals surface area contributed by atoms with Crippen molar-refractivity contribution >= 4 is 11.8 Å². The monoisotopic (exact) mass is 508 g/mol. The lowest BCUT2D eigenvalue weighted by Crippen LogP contribution is -2.25. The first-order chi connectivity index (χ1) is 18.0. The SMILES string of the molecule is CCOc1cc(Cc2cnc(N)nc2N)cc(OC2CCCC2COC)c1-c1ccc(OCOC)cc1. The zero-order valence-electron chi connectivity index (χ0n) is 21.7. The van der Waals surface area contributed by atoms with E-state index in [1.165, 1.54) is 0 Å². The zero-order chi connectivity index (χ0) is 26.2. The third kappa shape index (κ3) is 6.61. The Hall–Kier alpha value is -3.56. The van der Waals surface area contributed by atoms with Gasteiger partial charge in [-0.2, -0.15) is 4.98 Å². The molecule has 0 radical (unpaired) electrons. The van der Waals surface area contributed by atoms with Gasteiger partial charge in [0.1, 0.15) is 29.2 Å². The van der Waals surface area contributed by atoms with Gasteiger partial charge in [-0.15, -0.1) is 0 Å². The molecule has 1 aliphatic carbocycles. The molecule has 4 rings (SSSR count). The molecule has 0 amide bonds. The Morgan fingerprint density at radius 2 is 1.76 bits per heavy atom. The molecule has 1 aromatic heterocycles. The van der Waals surface area contributed by atoms with Gasteiger partial charge in [-0.3, -0.25) is 0 Å². The van der Waals surface area contributed by atoms with Crippen molar-refractivity contribution in [2.24, 2.45) is 5.92 Å². The molecule has 0 spiro atoms. The van der Waals surface area contributed by atoms with Crippen LogP contribution in [0.2, 0.25) is 0 Å². The smallest absolute Gasteiger partial charge is 0.221 e. The van der Waals surface area contributed by atoms with Crippen molar-refractivity contribution < 1.29 is 23.7 Å². The molecular weight excluding hydrogens is 472 g/mol. The fourth-order valence-corrected chi connectivity index (χ4v) is 4.75. The van der Waals surface area contributed by atoms with E-state index >= 15 is 0 Å². The van der Waals surface area contributed by atoms with Crippen LogP contribution in [0.4, 0.5) is 11.8 Å². The van der Waals surface area contributed by atoms with Gasteiger partial charge in [-0.05, 0) is 61.6 Å². The van der Waals surface area contributed by atoms with Gasteiger partial charge in [0.25, 0.3) is 0 Å². The molecule has 2 unspecified atom stereocenters. The largest absolute Gasteiger partial charge is 0.493 e. The Morgan fingerprint density at radius 3 is 2.46 bits per heavy atom. The Balaban J connectivity index is 1.76. The highest BCUT2D eigenvalue weighted by molar-refractivity contribution is 5.78. The number of nitrogens with two attached hydrogens (primary N) is 2. The van der Waals surface area contributed by atoms with Gasteiger partial charge in [0.2, 0.25) is 5.95 Å². The summed E-state index contributed by atoms with van der Waals surface area (Å²) in [6, 6.07) is 11.9. The van der Waals surface area contributed by atoms with Crippen LogP contribution in [0.15, 0.2) is 42.6 Å². The Labute approximate surface area is 218 Å². The van der Waals surface area contributed by atoms with Crippen molar-refractivity contribution in [2.45, 2.75) is 38.7 Å². The molecule has 37 heavy (non-hydrogen) atoms. The Kier molecular flexibility index (Phi) is 9.03. The van der Waals surface area contributed by atoms with Crippen LogP contribution in [0, 0.1) is 5.92 Å². The van der Waals surface area contributed by atoms with Gasteiger partial charge in [0.15, 0.2) is 6.79 Å². The van der Waals surface area contributed by atoms with Crippen LogP contribution in [0.3, 0.4) is 0 Å². The second kappa shape index (κ2) is 12.6. The van der Waals surface area contributed by atoms with E-state index < -0.39 is 0 Å². The lowest BCUT2D eigenvalue weighted by atomic mass is 9.97. The number of nitrogens with zero attached hydrogens (tertiary/aromatic N) is 2. The molecule has 9 nitrogen and oxygen atoms in total. The predicted octanol–water partition coefficient (Wildman–Crippen LogP) is 4.47. The van der Waals surface area contributed by atoms with Crippen molar-refractivity contribution in [3.63, 3.8) is 0 Å². The predicted molar refractivity (Wildman–Crippen MR) is 143 cm³/mol. The summed E-state index contributed by atoms with van der Waals surface area (Å²) in [5.74, 6) is 3.06. The number of aromatic nitrogens is 2. The van der Waals surface area contributed by atoms with E-state index in [1.54, 1.807) is 20.4 Å². The fraction of sp³-hybridized carbons (Fsp3) is 0.429. The summed E-state index contributed by atoms with van der Waals surface area (Å²) in [4.78, 5) is 8.22. The summed E-state index contributed by atoms with van der Waals surface area (Å²) in [6.07, 6.45) is 5.39. The average molecular weight is 509 g/mol. The molecule has 3 aromatic rings. The van der Waals surface area contributed by atoms with Crippen LogP contribution in [0.5, 0.6) is 17.2 Å². The van der Waals surface area contributed by atoms with E-state index in [4.69, 9.17) is 35.2 Å². The third-order valence-corrected chi connectivity index (χ3v) is 6.47. The minimum Gasteiger partial charge on any atom is -0.493 e. The standard InChI is InChI=1S/C28H36N4O5/c1-4-35-24-13-18(12-21-15-31-28(30)32-27(21)29)14-25(37-23-7-5-6-20(23)16-33-2)26(24)19-8-10-22(11-9-19)36-17-34-3/h8-11,13-15,20,23H,4-7,12,16-17H2,1-3H3,(H4,29,30,31,32). The summed E-state index contributed by atoms with van der Waals surface area (Å²) >= 11 is 0. The first-order valence-corrected chi connectivity index (χ1v) is 12.6. The minimum atomic E-state index is 0.0534. The van der Waals surface area contributed by atoms with Crippen molar-refractivity contribution in [3.05, 3.63) is 53.7 Å². The molecule has 1 heterocycles. The van der Waals surface area contributed by atoms with Crippen molar-refractivity contribution in [1.29, 1.82) is 0 Å². The van der Waals surface area contributed by atoms with Crippen LogP contribution in [0.1, 0.15) is 37.3 Å². The number of rotatable bonds is 12. The lowest BCUT2D eigenvalue weighted by molar-refractivity contribution is 0.0511. The number of hydrogen-bond acceptors (Lipinski definition) is 9. The summed E-state index contributed by atoms with van der Waals surface area (Å²) in [7, 11) is 3.33. The summed E-state index contributed by atoms with van der Waals surface area (Å²) < 4.78 is 29.0. The highest BCUT2D eigenvalue weighted by atomic mass is 16.7. The topological polar surface area (TPSA) is 124 Å². The summed E-state index contributed by atoms with van der Waals surface area (Å²) in [5, 5.41) is 0. The van der Waals surface area contributed by atoms with Crippen LogP contribution in [0.25, 0.3) is 11.1 Å². The highest BCUT2D eigenvalue weighted by Crippen LogP contribution is 2.43. The minimum absolute atomic E-state index is 0.0534. The Morgan fingerprint density at radius 1 is 0.973 bits per heavy atom. The number of nitrogen functional groups attached to an aromatic ring is 2. The van der Waals surface area contributed by atoms with Crippen molar-refractivity contribution in [3.8, 4) is 28.4 Å². The van der Waals surface area contributed by atoms with Gasteiger partial charge in [-0.25, -0.2) is 4.98 Å². The quantitative estimate of drug-likeness (QED) is 0.341. The first kappa shape index (κ1) is 26.5. The van der Waals surface area contributed by atoms with Crippen LogP contribution < -0.4 is 25.7 Å². The van der Waals surface area contributed by atoms with Gasteiger partial charge in [0, 0.05) is 38.3 Å². The van der Waals surface area contributed by atoms with Crippen molar-refractivity contribution in [1.82, 2.24) is 9.97 Å². The second-order valence-electron chi connectivity index (χ2n) is 9.09. The van der Waals surface area contributed by atoms with E-state index in [1.807, 2.05) is 37.3 Å². The fourth-order valence-electron chi connectivity index (χ4n) is 4.75. The zero-order valence-corrected chi connectivity index (χ0v) is 21.7. The molecule has 1 fully saturated rings. The van der Waals surface area contributed by atoms with E-state index in [0.717, 1.165) is 58.8 Å². The molecule has 0 bridgehead atoms. The highest BCUT2D eigenvalue weighted by Gasteiger charge is 2.30. The second-order valence-corrected chi connectivity index (χ2v) is 9.09. The summed E-state index contributed by atoms with van der Waals surface area (Å²) in [6.45, 7) is 3.33. The van der Waals surface area contributed by atoms with E-state index in [2.05, 4.69) is 16.0 Å². The molecule has 0 saturated heterocycles. The molecule has 1 saturated carbocycles. The number of ether oxygens (including phenoxy) is 5. The number of anilines is 2. The lowest BCUT2D eigenvalue weighted by Gasteiger charge is -2.24. The average Bonchev–Trinajstić information content (AvgIpc) is 3.32. The van der Waals surface area contributed by atoms with Crippen molar-refractivity contribution in [2.75, 3.05) is 45.7 Å². The van der Waals surface area contributed by atoms with E-state index in [0.29, 0.717) is 31.4 Å². The summed E-state index contributed by atoms with van der Waals surface area (Å²) in [5.41, 5.74) is 15.4. The first-order valence-electron chi connectivity index (χ1n) is 12.6. The van der Waals surface area contributed by atoms with Crippen LogP contribution >= 0.6 is 0 Å². The number of hydrogen-bond donors (Lipinski definition) is 2. The maximum atomic E-state index is 6.74. The molecule has 0 aliphatic heterocycles. The van der Waals surface area contributed by atoms with Gasteiger partial charge in [-0.1, -0.05) is 12.1 Å².